The Hall–Kier alpha value is -1.68. The van der Waals surface area contributed by atoms with Crippen LogP contribution in [0.1, 0.15) is 12.5 Å². The van der Waals surface area contributed by atoms with Gasteiger partial charge in [-0.15, -0.1) is 11.6 Å². The zero-order chi connectivity index (χ0) is 13.8. The molecule has 19 heavy (non-hydrogen) atoms. The maximum absolute atomic E-state index is 13.9. The number of pyridine rings is 1. The van der Waals surface area contributed by atoms with E-state index < -0.39 is 5.82 Å². The lowest BCUT2D eigenvalue weighted by Gasteiger charge is -2.24. The van der Waals surface area contributed by atoms with Gasteiger partial charge in [-0.05, 0) is 25.1 Å². The molecule has 0 fully saturated rings. The van der Waals surface area contributed by atoms with E-state index in [0.29, 0.717) is 23.6 Å². The van der Waals surface area contributed by atoms with Crippen molar-refractivity contribution in [2.75, 3.05) is 11.4 Å². The number of aromatic nitrogens is 1. The third kappa shape index (κ3) is 2.84. The molecule has 0 unspecified atom stereocenters. The number of rotatable bonds is 4. The summed E-state index contributed by atoms with van der Waals surface area (Å²) in [5.74, 6) is -0.214. The molecule has 0 atom stereocenters. The van der Waals surface area contributed by atoms with E-state index in [1.54, 1.807) is 23.1 Å². The van der Waals surface area contributed by atoms with Crippen LogP contribution in [0.4, 0.5) is 20.3 Å². The van der Waals surface area contributed by atoms with Gasteiger partial charge in [0.05, 0.1) is 17.8 Å². The highest BCUT2D eigenvalue weighted by Crippen LogP contribution is 2.29. The van der Waals surface area contributed by atoms with E-state index in [1.807, 2.05) is 6.92 Å². The van der Waals surface area contributed by atoms with Crippen molar-refractivity contribution in [2.45, 2.75) is 12.8 Å². The minimum Gasteiger partial charge on any atom is -0.324 e. The average molecular weight is 283 g/mol. The fraction of sp³-hybridized carbons (Fsp3) is 0.214. The third-order valence-electron chi connectivity index (χ3n) is 2.77. The molecule has 2 nitrogen and oxygen atoms in total. The number of anilines is 2. The first-order chi connectivity index (χ1) is 9.17. The predicted molar refractivity (Wildman–Crippen MR) is 72.8 cm³/mol. The second-order valence-corrected chi connectivity index (χ2v) is 4.23. The van der Waals surface area contributed by atoms with Crippen LogP contribution in [0.25, 0.3) is 0 Å². The van der Waals surface area contributed by atoms with E-state index in [9.17, 15) is 8.78 Å². The van der Waals surface area contributed by atoms with Crippen LogP contribution in [0.5, 0.6) is 0 Å². The van der Waals surface area contributed by atoms with E-state index in [4.69, 9.17) is 11.6 Å². The molecule has 0 aliphatic carbocycles. The van der Waals surface area contributed by atoms with Crippen LogP contribution in [0.15, 0.2) is 36.5 Å². The van der Waals surface area contributed by atoms with Crippen LogP contribution < -0.4 is 4.90 Å². The van der Waals surface area contributed by atoms with E-state index in [-0.39, 0.29) is 11.7 Å². The summed E-state index contributed by atoms with van der Waals surface area (Å²) < 4.78 is 27.0. The summed E-state index contributed by atoms with van der Waals surface area (Å²) in [6.45, 7) is 2.37. The van der Waals surface area contributed by atoms with Crippen molar-refractivity contribution in [1.29, 1.82) is 0 Å². The zero-order valence-electron chi connectivity index (χ0n) is 10.4. The van der Waals surface area contributed by atoms with Gasteiger partial charge in [-0.2, -0.15) is 0 Å². The molecule has 0 bridgehead atoms. The van der Waals surface area contributed by atoms with Crippen molar-refractivity contribution in [3.8, 4) is 0 Å². The fourth-order valence-electron chi connectivity index (χ4n) is 1.92. The first-order valence-corrected chi connectivity index (χ1v) is 6.43. The Morgan fingerprint density at radius 2 is 2.00 bits per heavy atom. The first kappa shape index (κ1) is 13.7. The van der Waals surface area contributed by atoms with Crippen molar-refractivity contribution in [1.82, 2.24) is 4.98 Å². The van der Waals surface area contributed by atoms with Crippen LogP contribution in [0.2, 0.25) is 0 Å². The quantitative estimate of drug-likeness (QED) is 0.779. The number of benzene rings is 1. The van der Waals surface area contributed by atoms with Crippen molar-refractivity contribution in [3.63, 3.8) is 0 Å². The standard InChI is InChI=1S/C14H13ClF2N2/c1-2-19(13-6-4-3-5-12(13)17)14-10(8-15)7-11(16)9-18-14/h3-7,9H,2,8H2,1H3. The van der Waals surface area contributed by atoms with Gasteiger partial charge in [-0.25, -0.2) is 13.8 Å². The number of hydrogen-bond donors (Lipinski definition) is 0. The molecule has 0 aliphatic rings. The fourth-order valence-corrected chi connectivity index (χ4v) is 2.12. The Balaban J connectivity index is 2.51. The number of nitrogens with zero attached hydrogens (tertiary/aromatic N) is 2. The SMILES string of the molecule is CCN(c1ccccc1F)c1ncc(F)cc1CCl. The van der Waals surface area contributed by atoms with Crippen LogP contribution in [-0.2, 0) is 5.88 Å². The van der Waals surface area contributed by atoms with E-state index in [1.165, 1.54) is 12.1 Å². The number of para-hydroxylation sites is 1. The zero-order valence-corrected chi connectivity index (χ0v) is 11.2. The molecule has 100 valence electrons. The Labute approximate surface area is 115 Å². The van der Waals surface area contributed by atoms with E-state index in [2.05, 4.69) is 4.98 Å². The highest BCUT2D eigenvalue weighted by Gasteiger charge is 2.16. The van der Waals surface area contributed by atoms with Gasteiger partial charge in [0.15, 0.2) is 0 Å². The monoisotopic (exact) mass is 282 g/mol. The smallest absolute Gasteiger partial charge is 0.146 e. The van der Waals surface area contributed by atoms with Crippen molar-refractivity contribution in [3.05, 3.63) is 53.7 Å². The second kappa shape index (κ2) is 5.97. The van der Waals surface area contributed by atoms with Gasteiger partial charge in [-0.3, -0.25) is 0 Å². The van der Waals surface area contributed by atoms with Gasteiger partial charge in [-0.1, -0.05) is 12.1 Å². The molecule has 0 aliphatic heterocycles. The maximum Gasteiger partial charge on any atom is 0.146 e. The molecule has 0 spiro atoms. The molecular formula is C14H13ClF2N2. The summed E-state index contributed by atoms with van der Waals surface area (Å²) in [7, 11) is 0. The van der Waals surface area contributed by atoms with Gasteiger partial charge >= 0.3 is 0 Å². The predicted octanol–water partition coefficient (Wildman–Crippen LogP) is 4.26. The number of hydrogen-bond acceptors (Lipinski definition) is 2. The molecule has 1 aromatic heterocycles. The molecule has 0 amide bonds. The van der Waals surface area contributed by atoms with E-state index in [0.717, 1.165) is 6.20 Å². The summed E-state index contributed by atoms with van der Waals surface area (Å²) in [4.78, 5) is 5.71. The largest absolute Gasteiger partial charge is 0.324 e. The van der Waals surface area contributed by atoms with Crippen molar-refractivity contribution >= 4 is 23.1 Å². The molecule has 0 saturated carbocycles. The lowest BCUT2D eigenvalue weighted by Crippen LogP contribution is -2.20. The third-order valence-corrected chi connectivity index (χ3v) is 3.06. The topological polar surface area (TPSA) is 16.1 Å². The van der Waals surface area contributed by atoms with Crippen molar-refractivity contribution < 1.29 is 8.78 Å². The first-order valence-electron chi connectivity index (χ1n) is 5.89. The van der Waals surface area contributed by atoms with Gasteiger partial charge in [0.25, 0.3) is 0 Å². The van der Waals surface area contributed by atoms with Crippen LogP contribution in [0.3, 0.4) is 0 Å². The lowest BCUT2D eigenvalue weighted by atomic mass is 10.2. The minimum absolute atomic E-state index is 0.116. The highest BCUT2D eigenvalue weighted by molar-refractivity contribution is 6.17. The molecular weight excluding hydrogens is 270 g/mol. The molecule has 0 saturated heterocycles. The lowest BCUT2D eigenvalue weighted by molar-refractivity contribution is 0.617. The molecule has 1 aromatic carbocycles. The Bertz CT molecular complexity index is 575. The van der Waals surface area contributed by atoms with Crippen LogP contribution in [-0.4, -0.2) is 11.5 Å². The summed E-state index contributed by atoms with van der Waals surface area (Å²) >= 11 is 5.81. The normalized spacial score (nSPS) is 10.5. The summed E-state index contributed by atoms with van der Waals surface area (Å²) in [6.07, 6.45) is 1.11. The molecule has 0 N–H and O–H groups in total. The maximum atomic E-state index is 13.9. The van der Waals surface area contributed by atoms with Gasteiger partial charge in [0.1, 0.15) is 17.5 Å². The average Bonchev–Trinajstić information content (AvgIpc) is 2.43. The van der Waals surface area contributed by atoms with Gasteiger partial charge in [0, 0.05) is 12.1 Å². The van der Waals surface area contributed by atoms with E-state index >= 15 is 0 Å². The summed E-state index contributed by atoms with van der Waals surface area (Å²) in [5, 5.41) is 0. The Kier molecular flexibility index (Phi) is 4.32. The molecule has 1 heterocycles. The number of alkyl halides is 1. The Morgan fingerprint density at radius 1 is 1.26 bits per heavy atom. The molecule has 5 heteroatoms. The van der Waals surface area contributed by atoms with Crippen LogP contribution in [0, 0.1) is 11.6 Å². The van der Waals surface area contributed by atoms with Gasteiger partial charge in [0.2, 0.25) is 0 Å². The molecule has 0 radical (unpaired) electrons. The van der Waals surface area contributed by atoms with Gasteiger partial charge < -0.3 is 4.90 Å². The summed E-state index contributed by atoms with van der Waals surface area (Å²) in [6, 6.07) is 7.71. The molecule has 2 rings (SSSR count). The molecule has 2 aromatic rings. The van der Waals surface area contributed by atoms with Crippen molar-refractivity contribution in [2.24, 2.45) is 0 Å². The number of halogens is 3. The highest BCUT2D eigenvalue weighted by atomic mass is 35.5. The summed E-state index contributed by atoms with van der Waals surface area (Å²) in [5.41, 5.74) is 0.933. The Morgan fingerprint density at radius 3 is 2.63 bits per heavy atom. The second-order valence-electron chi connectivity index (χ2n) is 3.97. The minimum atomic E-state index is -0.455. The van der Waals surface area contributed by atoms with Crippen LogP contribution >= 0.6 is 11.6 Å².